The predicted molar refractivity (Wildman–Crippen MR) is 78.6 cm³/mol. The molecule has 3 rings (SSSR count). The maximum absolute atomic E-state index is 11.8. The Morgan fingerprint density at radius 3 is 1.95 bits per heavy atom. The van der Waals surface area contributed by atoms with Gasteiger partial charge in [0.2, 0.25) is 0 Å². The summed E-state index contributed by atoms with van der Waals surface area (Å²) in [4.78, 5) is 11.8. The molecule has 0 aliphatic carbocycles. The first-order valence-electron chi connectivity index (χ1n) is 7.10. The highest BCUT2D eigenvalue weighted by molar-refractivity contribution is 5.71. The van der Waals surface area contributed by atoms with E-state index in [4.69, 9.17) is 4.74 Å². The van der Waals surface area contributed by atoms with Crippen molar-refractivity contribution >= 4 is 5.97 Å². The van der Waals surface area contributed by atoms with Gasteiger partial charge in [0.15, 0.2) is 0 Å². The molecule has 2 heteroatoms. The van der Waals surface area contributed by atoms with E-state index in [9.17, 15) is 4.79 Å². The molecule has 0 unspecified atom stereocenters. The van der Waals surface area contributed by atoms with Crippen LogP contribution in [-0.4, -0.2) is 12.6 Å². The predicted octanol–water partition coefficient (Wildman–Crippen LogP) is 3.89. The zero-order valence-corrected chi connectivity index (χ0v) is 11.4. The molecule has 0 radical (unpaired) electrons. The van der Waals surface area contributed by atoms with Crippen LogP contribution in [0.25, 0.3) is 0 Å². The van der Waals surface area contributed by atoms with E-state index in [0.29, 0.717) is 18.9 Å². The van der Waals surface area contributed by atoms with Crippen molar-refractivity contribution in [3.05, 3.63) is 71.8 Å². The lowest BCUT2D eigenvalue weighted by molar-refractivity contribution is -0.142. The molecule has 1 fully saturated rings. The van der Waals surface area contributed by atoms with Crippen LogP contribution in [0.15, 0.2) is 60.7 Å². The first-order valence-corrected chi connectivity index (χ1v) is 7.10. The lowest BCUT2D eigenvalue weighted by Crippen LogP contribution is -2.12. The maximum atomic E-state index is 11.8. The summed E-state index contributed by atoms with van der Waals surface area (Å²) in [7, 11) is 0. The largest absolute Gasteiger partial charge is 0.466 e. The Kier molecular flexibility index (Phi) is 3.82. The minimum Gasteiger partial charge on any atom is -0.466 e. The summed E-state index contributed by atoms with van der Waals surface area (Å²) in [6.07, 6.45) is 1.35. The molecule has 0 spiro atoms. The highest BCUT2D eigenvalue weighted by Crippen LogP contribution is 2.39. The molecule has 1 heterocycles. The molecular weight excluding hydrogens is 248 g/mol. The van der Waals surface area contributed by atoms with Crippen LogP contribution in [0.5, 0.6) is 0 Å². The zero-order valence-electron chi connectivity index (χ0n) is 11.4. The third-order valence-corrected chi connectivity index (χ3v) is 4.02. The maximum Gasteiger partial charge on any atom is 0.306 e. The van der Waals surface area contributed by atoms with E-state index in [1.807, 2.05) is 24.3 Å². The Hall–Kier alpha value is -2.09. The van der Waals surface area contributed by atoms with Crippen LogP contribution >= 0.6 is 0 Å². The van der Waals surface area contributed by atoms with Gasteiger partial charge in [-0.1, -0.05) is 60.7 Å². The van der Waals surface area contributed by atoms with Gasteiger partial charge in [0.25, 0.3) is 0 Å². The van der Waals surface area contributed by atoms with Crippen molar-refractivity contribution in [2.24, 2.45) is 0 Å². The number of benzene rings is 2. The third kappa shape index (κ3) is 2.74. The molecule has 0 saturated carbocycles. The third-order valence-electron chi connectivity index (χ3n) is 4.02. The number of carbonyl (C=O) groups excluding carboxylic acids is 1. The van der Waals surface area contributed by atoms with Crippen molar-refractivity contribution in [2.75, 3.05) is 6.61 Å². The molecule has 0 N–H and O–H groups in total. The van der Waals surface area contributed by atoms with Crippen LogP contribution in [0, 0.1) is 0 Å². The van der Waals surface area contributed by atoms with Crippen molar-refractivity contribution in [3.63, 3.8) is 0 Å². The van der Waals surface area contributed by atoms with E-state index >= 15 is 0 Å². The van der Waals surface area contributed by atoms with Crippen LogP contribution in [0.4, 0.5) is 0 Å². The molecule has 2 aromatic rings. The van der Waals surface area contributed by atoms with Gasteiger partial charge in [0, 0.05) is 5.92 Å². The van der Waals surface area contributed by atoms with E-state index in [1.54, 1.807) is 0 Å². The normalized spacial score (nSPS) is 22.9. The summed E-state index contributed by atoms with van der Waals surface area (Å²) in [5, 5.41) is 0. The molecule has 1 aliphatic rings. The second-order valence-electron chi connectivity index (χ2n) is 5.25. The summed E-state index contributed by atoms with van der Waals surface area (Å²) in [5.74, 6) is 0.455. The highest BCUT2D eigenvalue weighted by atomic mass is 16.5. The fourth-order valence-electron chi connectivity index (χ4n) is 3.03. The van der Waals surface area contributed by atoms with Gasteiger partial charge in [-0.3, -0.25) is 4.79 Å². The van der Waals surface area contributed by atoms with Crippen LogP contribution in [0.1, 0.15) is 35.8 Å². The Labute approximate surface area is 119 Å². The monoisotopic (exact) mass is 266 g/mol. The van der Waals surface area contributed by atoms with E-state index in [0.717, 1.165) is 6.42 Å². The summed E-state index contributed by atoms with van der Waals surface area (Å²) < 4.78 is 5.27. The molecular formula is C18H18O2. The lowest BCUT2D eigenvalue weighted by Gasteiger charge is -2.24. The molecule has 102 valence electrons. The summed E-state index contributed by atoms with van der Waals surface area (Å²) in [5.41, 5.74) is 2.51. The molecule has 2 nitrogen and oxygen atoms in total. The second-order valence-corrected chi connectivity index (χ2v) is 5.25. The summed E-state index contributed by atoms with van der Waals surface area (Å²) >= 11 is 0. The van der Waals surface area contributed by atoms with Crippen molar-refractivity contribution in [1.82, 2.24) is 0 Å². The molecule has 1 aliphatic heterocycles. The van der Waals surface area contributed by atoms with E-state index < -0.39 is 0 Å². The first-order chi connectivity index (χ1) is 9.84. The van der Waals surface area contributed by atoms with Gasteiger partial charge in [-0.2, -0.15) is 0 Å². The Bertz CT molecular complexity index is 562. The van der Waals surface area contributed by atoms with Crippen LogP contribution in [0.3, 0.4) is 0 Å². The van der Waals surface area contributed by atoms with E-state index in [-0.39, 0.29) is 11.9 Å². The molecule has 2 aromatic carbocycles. The van der Waals surface area contributed by atoms with Gasteiger partial charge >= 0.3 is 5.97 Å². The lowest BCUT2D eigenvalue weighted by atomic mass is 9.78. The number of carbonyl (C=O) groups is 1. The van der Waals surface area contributed by atoms with Crippen LogP contribution in [-0.2, 0) is 9.53 Å². The van der Waals surface area contributed by atoms with Crippen molar-refractivity contribution in [1.29, 1.82) is 0 Å². The highest BCUT2D eigenvalue weighted by Gasteiger charge is 2.30. The van der Waals surface area contributed by atoms with Gasteiger partial charge in [0.1, 0.15) is 0 Å². The van der Waals surface area contributed by atoms with Gasteiger partial charge < -0.3 is 4.74 Å². The Morgan fingerprint density at radius 1 is 0.800 bits per heavy atom. The standard InChI is InChI=1S/C18H18O2/c19-18-13-17(15-9-5-2-6-10-15)16(11-12-20-18)14-7-3-1-4-8-14/h1-10,16-17H,11-13H2/t16-,17-/m1/s1. The number of ether oxygens (including phenoxy) is 1. The Balaban J connectivity index is 1.98. The topological polar surface area (TPSA) is 26.3 Å². The molecule has 2 atom stereocenters. The minimum atomic E-state index is -0.0858. The quantitative estimate of drug-likeness (QED) is 0.771. The number of cyclic esters (lactones) is 1. The SMILES string of the molecule is O=C1C[C@H](c2ccccc2)[C@@H](c2ccccc2)CCO1. The fraction of sp³-hybridized carbons (Fsp3) is 0.278. The van der Waals surface area contributed by atoms with Crippen LogP contribution < -0.4 is 0 Å². The molecule has 0 aromatic heterocycles. The summed E-state index contributed by atoms with van der Waals surface area (Å²) in [6, 6.07) is 20.7. The van der Waals surface area contributed by atoms with Crippen molar-refractivity contribution in [3.8, 4) is 0 Å². The van der Waals surface area contributed by atoms with Gasteiger partial charge in [-0.15, -0.1) is 0 Å². The van der Waals surface area contributed by atoms with Crippen molar-refractivity contribution < 1.29 is 9.53 Å². The van der Waals surface area contributed by atoms with Gasteiger partial charge in [0.05, 0.1) is 13.0 Å². The number of hydrogen-bond acceptors (Lipinski definition) is 2. The number of hydrogen-bond donors (Lipinski definition) is 0. The van der Waals surface area contributed by atoms with Crippen molar-refractivity contribution in [2.45, 2.75) is 24.7 Å². The molecule has 0 bridgehead atoms. The molecule has 0 amide bonds. The summed E-state index contributed by atoms with van der Waals surface area (Å²) in [6.45, 7) is 0.516. The minimum absolute atomic E-state index is 0.0858. The average molecular weight is 266 g/mol. The first kappa shape index (κ1) is 12.9. The zero-order chi connectivity index (χ0) is 13.8. The smallest absolute Gasteiger partial charge is 0.306 e. The van der Waals surface area contributed by atoms with Gasteiger partial charge in [-0.25, -0.2) is 0 Å². The average Bonchev–Trinajstić information content (AvgIpc) is 2.71. The molecule has 20 heavy (non-hydrogen) atoms. The second kappa shape index (κ2) is 5.91. The number of rotatable bonds is 2. The van der Waals surface area contributed by atoms with Crippen LogP contribution in [0.2, 0.25) is 0 Å². The van der Waals surface area contributed by atoms with E-state index in [2.05, 4.69) is 36.4 Å². The fourth-order valence-corrected chi connectivity index (χ4v) is 3.03. The van der Waals surface area contributed by atoms with Gasteiger partial charge in [-0.05, 0) is 23.5 Å². The van der Waals surface area contributed by atoms with E-state index in [1.165, 1.54) is 11.1 Å². The Morgan fingerprint density at radius 2 is 1.35 bits per heavy atom. The number of esters is 1. The molecule has 1 saturated heterocycles.